The number of likely N-dealkylation sites (tertiary alicyclic amines) is 1. The van der Waals surface area contributed by atoms with Crippen LogP contribution in [0.4, 0.5) is 0 Å². The van der Waals surface area contributed by atoms with Crippen molar-refractivity contribution >= 4 is 11.8 Å². The van der Waals surface area contributed by atoms with E-state index >= 15 is 0 Å². The van der Waals surface area contributed by atoms with Crippen LogP contribution in [0.5, 0.6) is 0 Å². The molecule has 2 aliphatic heterocycles. The quantitative estimate of drug-likeness (QED) is 0.814. The minimum atomic E-state index is 0.296. The first kappa shape index (κ1) is 11.6. The molecule has 94 valence electrons. The van der Waals surface area contributed by atoms with E-state index in [1.807, 2.05) is 11.8 Å². The fraction of sp³-hybridized carbons (Fsp3) is 0.750. The van der Waals surface area contributed by atoms with E-state index in [1.165, 1.54) is 23.0 Å². The number of nitrogens with two attached hydrogens (primary N) is 1. The summed E-state index contributed by atoms with van der Waals surface area (Å²) in [5.41, 5.74) is 7.34. The monoisotopic (exact) mass is 252 g/mol. The zero-order chi connectivity index (χ0) is 11.8. The first-order valence-electron chi connectivity index (χ1n) is 6.36. The van der Waals surface area contributed by atoms with Crippen LogP contribution in [-0.4, -0.2) is 46.4 Å². The molecular formula is C12H20N4S. The summed E-state index contributed by atoms with van der Waals surface area (Å²) in [5.74, 6) is 1.73. The number of hydrogen-bond donors (Lipinski definition) is 1. The Morgan fingerprint density at radius 3 is 3.12 bits per heavy atom. The first-order valence-corrected chi connectivity index (χ1v) is 7.35. The summed E-state index contributed by atoms with van der Waals surface area (Å²) in [5, 5.41) is 1.20. The number of thioether (sulfide) groups is 1. The summed E-state index contributed by atoms with van der Waals surface area (Å²) >= 11 is 1.88. The molecule has 5 heteroatoms. The van der Waals surface area contributed by atoms with Crippen LogP contribution in [0, 0.1) is 0 Å². The van der Waals surface area contributed by atoms with E-state index in [-0.39, 0.29) is 0 Å². The number of fused-ring (bicyclic) bond motifs is 1. The Hall–Kier alpha value is -0.520. The average Bonchev–Trinajstić information content (AvgIpc) is 2.71. The third-order valence-corrected chi connectivity index (χ3v) is 4.69. The van der Waals surface area contributed by atoms with Gasteiger partial charge in [0.2, 0.25) is 0 Å². The van der Waals surface area contributed by atoms with Gasteiger partial charge in [-0.2, -0.15) is 0 Å². The zero-order valence-corrected chi connectivity index (χ0v) is 11.1. The molecule has 3 rings (SSSR count). The second kappa shape index (κ2) is 4.63. The van der Waals surface area contributed by atoms with Crippen LogP contribution < -0.4 is 5.73 Å². The molecule has 1 aromatic rings. The topological polar surface area (TPSA) is 47.1 Å². The summed E-state index contributed by atoms with van der Waals surface area (Å²) < 4.78 is 2.31. The van der Waals surface area contributed by atoms with Crippen molar-refractivity contribution in [1.29, 1.82) is 0 Å². The van der Waals surface area contributed by atoms with E-state index in [2.05, 4.69) is 22.7 Å². The van der Waals surface area contributed by atoms with Crippen molar-refractivity contribution in [2.75, 3.05) is 25.9 Å². The summed E-state index contributed by atoms with van der Waals surface area (Å²) in [6, 6.07) is 0.296. The molecule has 1 fully saturated rings. The molecule has 1 aromatic heterocycles. The van der Waals surface area contributed by atoms with Crippen molar-refractivity contribution in [3.8, 4) is 0 Å². The molecule has 1 saturated heterocycles. The molecule has 0 radical (unpaired) electrons. The van der Waals surface area contributed by atoms with Gasteiger partial charge in [-0.15, -0.1) is 0 Å². The summed E-state index contributed by atoms with van der Waals surface area (Å²) in [6.45, 7) is 3.23. The third-order valence-electron chi connectivity index (χ3n) is 3.62. The standard InChI is InChI=1S/C12H20N4S/c1-15-6-9(5-10(13)7-15)11-8-16-3-2-4-17-12(16)14-11/h8-10H,2-7,13H2,1H3. The molecule has 3 heterocycles. The van der Waals surface area contributed by atoms with Crippen molar-refractivity contribution in [1.82, 2.24) is 14.5 Å². The number of likely N-dealkylation sites (N-methyl/N-ethyl adjacent to an activating group) is 1. The van der Waals surface area contributed by atoms with Gasteiger partial charge in [0, 0.05) is 43.5 Å². The zero-order valence-electron chi connectivity index (χ0n) is 10.3. The van der Waals surface area contributed by atoms with Crippen molar-refractivity contribution in [3.05, 3.63) is 11.9 Å². The molecule has 2 N–H and O–H groups in total. The van der Waals surface area contributed by atoms with E-state index in [0.717, 1.165) is 26.1 Å². The Labute approximate surface area is 107 Å². The maximum Gasteiger partial charge on any atom is 0.168 e. The van der Waals surface area contributed by atoms with Crippen LogP contribution in [0.3, 0.4) is 0 Å². The number of piperidine rings is 1. The fourth-order valence-corrected chi connectivity index (χ4v) is 3.80. The molecule has 2 unspecified atom stereocenters. The van der Waals surface area contributed by atoms with Crippen molar-refractivity contribution in [2.45, 2.75) is 36.5 Å². The SMILES string of the molecule is CN1CC(N)CC(c2cn3c(n2)SCCC3)C1. The molecule has 0 amide bonds. The Kier molecular flexibility index (Phi) is 3.15. The molecule has 4 nitrogen and oxygen atoms in total. The van der Waals surface area contributed by atoms with Gasteiger partial charge in [0.25, 0.3) is 0 Å². The highest BCUT2D eigenvalue weighted by Gasteiger charge is 2.27. The van der Waals surface area contributed by atoms with Gasteiger partial charge in [0.15, 0.2) is 5.16 Å². The van der Waals surface area contributed by atoms with Crippen molar-refractivity contribution in [3.63, 3.8) is 0 Å². The lowest BCUT2D eigenvalue weighted by Gasteiger charge is -2.32. The number of aromatic nitrogens is 2. The smallest absolute Gasteiger partial charge is 0.168 e. The maximum absolute atomic E-state index is 6.09. The highest BCUT2D eigenvalue weighted by atomic mass is 32.2. The molecule has 0 saturated carbocycles. The number of aryl methyl sites for hydroxylation is 1. The van der Waals surface area contributed by atoms with E-state index in [0.29, 0.717) is 12.0 Å². The van der Waals surface area contributed by atoms with Gasteiger partial charge >= 0.3 is 0 Å². The predicted octanol–water partition coefficient (Wildman–Crippen LogP) is 1.13. The van der Waals surface area contributed by atoms with Gasteiger partial charge in [0.05, 0.1) is 5.69 Å². The third kappa shape index (κ3) is 2.37. The lowest BCUT2D eigenvalue weighted by atomic mass is 9.93. The number of rotatable bonds is 1. The largest absolute Gasteiger partial charge is 0.327 e. The molecular weight excluding hydrogens is 232 g/mol. The molecule has 2 aliphatic rings. The van der Waals surface area contributed by atoms with Gasteiger partial charge in [-0.25, -0.2) is 4.98 Å². The average molecular weight is 252 g/mol. The minimum absolute atomic E-state index is 0.296. The van der Waals surface area contributed by atoms with E-state index in [9.17, 15) is 0 Å². The Balaban J connectivity index is 1.81. The van der Waals surface area contributed by atoms with E-state index in [1.54, 1.807) is 0 Å². The van der Waals surface area contributed by atoms with Crippen LogP contribution in [-0.2, 0) is 6.54 Å². The lowest BCUT2D eigenvalue weighted by molar-refractivity contribution is 0.225. The highest BCUT2D eigenvalue weighted by Crippen LogP contribution is 2.30. The molecule has 0 aliphatic carbocycles. The van der Waals surface area contributed by atoms with Gasteiger partial charge < -0.3 is 15.2 Å². The lowest BCUT2D eigenvalue weighted by Crippen LogP contribution is -2.44. The Morgan fingerprint density at radius 2 is 2.35 bits per heavy atom. The normalized spacial score (nSPS) is 30.2. The van der Waals surface area contributed by atoms with Crippen molar-refractivity contribution < 1.29 is 0 Å². The van der Waals surface area contributed by atoms with Gasteiger partial charge in [-0.05, 0) is 19.9 Å². The van der Waals surface area contributed by atoms with Gasteiger partial charge in [-0.3, -0.25) is 0 Å². The van der Waals surface area contributed by atoms with Crippen molar-refractivity contribution in [2.24, 2.45) is 5.73 Å². The number of nitrogens with zero attached hydrogens (tertiary/aromatic N) is 3. The molecule has 0 aromatic carbocycles. The second-order valence-corrected chi connectivity index (χ2v) is 6.32. The Bertz CT molecular complexity index is 370. The summed E-state index contributed by atoms with van der Waals surface area (Å²) in [7, 11) is 2.15. The fourth-order valence-electron chi connectivity index (χ4n) is 2.87. The van der Waals surface area contributed by atoms with Crippen LogP contribution >= 0.6 is 11.8 Å². The van der Waals surface area contributed by atoms with Crippen LogP contribution in [0.2, 0.25) is 0 Å². The van der Waals surface area contributed by atoms with Crippen LogP contribution in [0.15, 0.2) is 11.4 Å². The molecule has 0 bridgehead atoms. The highest BCUT2D eigenvalue weighted by molar-refractivity contribution is 7.99. The summed E-state index contributed by atoms with van der Waals surface area (Å²) in [6.07, 6.45) is 4.58. The van der Waals surface area contributed by atoms with Crippen LogP contribution in [0.1, 0.15) is 24.5 Å². The van der Waals surface area contributed by atoms with Crippen LogP contribution in [0.25, 0.3) is 0 Å². The number of imidazole rings is 1. The molecule has 2 atom stereocenters. The molecule has 0 spiro atoms. The van der Waals surface area contributed by atoms with Gasteiger partial charge in [0.1, 0.15) is 0 Å². The molecule has 17 heavy (non-hydrogen) atoms. The Morgan fingerprint density at radius 1 is 1.47 bits per heavy atom. The van der Waals surface area contributed by atoms with E-state index in [4.69, 9.17) is 10.7 Å². The maximum atomic E-state index is 6.09. The van der Waals surface area contributed by atoms with E-state index < -0.39 is 0 Å². The summed E-state index contributed by atoms with van der Waals surface area (Å²) in [4.78, 5) is 7.11. The van der Waals surface area contributed by atoms with Gasteiger partial charge in [-0.1, -0.05) is 11.8 Å². The first-order chi connectivity index (χ1) is 8.22. The second-order valence-electron chi connectivity index (χ2n) is 5.26. The minimum Gasteiger partial charge on any atom is -0.327 e. The predicted molar refractivity (Wildman–Crippen MR) is 70.4 cm³/mol. The number of hydrogen-bond acceptors (Lipinski definition) is 4.